The zero-order valence-electron chi connectivity index (χ0n) is 12.5. The summed E-state index contributed by atoms with van der Waals surface area (Å²) in [5.74, 6) is -0.518. The van der Waals surface area contributed by atoms with Crippen LogP contribution in [0.5, 0.6) is 0 Å². The van der Waals surface area contributed by atoms with Crippen LogP contribution in [0.4, 0.5) is 0 Å². The third kappa shape index (κ3) is 3.76. The second-order valence-corrected chi connectivity index (χ2v) is 5.47. The molecule has 24 heavy (non-hydrogen) atoms. The van der Waals surface area contributed by atoms with Crippen molar-refractivity contribution in [2.24, 2.45) is 0 Å². The van der Waals surface area contributed by atoms with E-state index in [1.807, 2.05) is 0 Å². The van der Waals surface area contributed by atoms with Gasteiger partial charge in [0.1, 0.15) is 5.69 Å². The summed E-state index contributed by atoms with van der Waals surface area (Å²) in [6, 6.07) is 10.0. The molecule has 1 aromatic carbocycles. The first kappa shape index (κ1) is 16.1. The first-order valence-corrected chi connectivity index (χ1v) is 7.54. The molecule has 0 spiro atoms. The molecule has 0 aliphatic carbocycles. The standard InChI is InChI=1S/C16H14ClN5O2/c17-12-3-1-11(2-4-12)15(23)16(24)19-9-13-10-22(21-20-13)14-5-7-18-8-6-14/h1-8,10,15,23H,9H2,(H,19,24). The maximum atomic E-state index is 12.0. The maximum Gasteiger partial charge on any atom is 0.253 e. The Morgan fingerprint density at radius 2 is 1.92 bits per heavy atom. The van der Waals surface area contributed by atoms with E-state index in [1.54, 1.807) is 59.7 Å². The molecule has 2 aromatic heterocycles. The fourth-order valence-electron chi connectivity index (χ4n) is 2.07. The number of benzene rings is 1. The lowest BCUT2D eigenvalue weighted by Gasteiger charge is -2.10. The summed E-state index contributed by atoms with van der Waals surface area (Å²) in [4.78, 5) is 16.0. The zero-order chi connectivity index (χ0) is 16.9. The van der Waals surface area contributed by atoms with E-state index in [9.17, 15) is 9.90 Å². The molecular formula is C16H14ClN5O2. The average Bonchev–Trinajstić information content (AvgIpc) is 3.09. The Hall–Kier alpha value is -2.77. The lowest BCUT2D eigenvalue weighted by Crippen LogP contribution is -2.28. The fraction of sp³-hybridized carbons (Fsp3) is 0.125. The first-order chi connectivity index (χ1) is 11.6. The van der Waals surface area contributed by atoms with Crippen LogP contribution in [-0.4, -0.2) is 31.0 Å². The Kier molecular flexibility index (Phi) is 4.83. The Balaban J connectivity index is 1.60. The highest BCUT2D eigenvalue weighted by atomic mass is 35.5. The number of pyridine rings is 1. The monoisotopic (exact) mass is 343 g/mol. The van der Waals surface area contributed by atoms with Crippen LogP contribution in [0.2, 0.25) is 5.02 Å². The lowest BCUT2D eigenvalue weighted by atomic mass is 10.1. The van der Waals surface area contributed by atoms with Crippen LogP contribution >= 0.6 is 11.6 Å². The second-order valence-electron chi connectivity index (χ2n) is 5.03. The van der Waals surface area contributed by atoms with Crippen LogP contribution in [-0.2, 0) is 11.3 Å². The SMILES string of the molecule is O=C(NCc1cn(-c2ccncc2)nn1)C(O)c1ccc(Cl)cc1. The second kappa shape index (κ2) is 7.20. The third-order valence-corrected chi connectivity index (χ3v) is 3.60. The number of hydrogen-bond acceptors (Lipinski definition) is 5. The van der Waals surface area contributed by atoms with E-state index in [-0.39, 0.29) is 6.54 Å². The summed E-state index contributed by atoms with van der Waals surface area (Å²) < 4.78 is 1.58. The van der Waals surface area contributed by atoms with E-state index in [0.717, 1.165) is 5.69 Å². The van der Waals surface area contributed by atoms with E-state index >= 15 is 0 Å². The molecule has 2 heterocycles. The van der Waals surface area contributed by atoms with Gasteiger partial charge in [-0.3, -0.25) is 9.78 Å². The predicted molar refractivity (Wildman–Crippen MR) is 87.4 cm³/mol. The topological polar surface area (TPSA) is 92.9 Å². The van der Waals surface area contributed by atoms with Crippen LogP contribution in [0.3, 0.4) is 0 Å². The molecule has 7 nitrogen and oxygen atoms in total. The molecular weight excluding hydrogens is 330 g/mol. The molecule has 2 N–H and O–H groups in total. The van der Waals surface area contributed by atoms with Crippen molar-refractivity contribution in [1.82, 2.24) is 25.3 Å². The summed E-state index contributed by atoms with van der Waals surface area (Å²) in [5.41, 5.74) is 1.86. The molecule has 0 aliphatic heterocycles. The van der Waals surface area contributed by atoms with Crippen molar-refractivity contribution < 1.29 is 9.90 Å². The van der Waals surface area contributed by atoms with Gasteiger partial charge in [-0.2, -0.15) is 0 Å². The summed E-state index contributed by atoms with van der Waals surface area (Å²) >= 11 is 5.79. The summed E-state index contributed by atoms with van der Waals surface area (Å²) in [6.45, 7) is 0.161. The van der Waals surface area contributed by atoms with Crippen molar-refractivity contribution in [2.75, 3.05) is 0 Å². The van der Waals surface area contributed by atoms with Crippen LogP contribution in [0, 0.1) is 0 Å². The number of carbonyl (C=O) groups excluding carboxylic acids is 1. The molecule has 8 heteroatoms. The van der Waals surface area contributed by atoms with Gasteiger partial charge in [0.2, 0.25) is 0 Å². The number of carbonyl (C=O) groups is 1. The highest BCUT2D eigenvalue weighted by Gasteiger charge is 2.17. The Bertz CT molecular complexity index is 820. The van der Waals surface area contributed by atoms with Crippen LogP contribution in [0.25, 0.3) is 5.69 Å². The van der Waals surface area contributed by atoms with Gasteiger partial charge in [0.05, 0.1) is 18.4 Å². The molecule has 0 saturated carbocycles. The first-order valence-electron chi connectivity index (χ1n) is 7.16. The van der Waals surface area contributed by atoms with Gasteiger partial charge in [-0.05, 0) is 29.8 Å². The van der Waals surface area contributed by atoms with Gasteiger partial charge in [-0.25, -0.2) is 4.68 Å². The van der Waals surface area contributed by atoms with Gasteiger partial charge in [0.25, 0.3) is 5.91 Å². The number of hydrogen-bond donors (Lipinski definition) is 2. The van der Waals surface area contributed by atoms with E-state index < -0.39 is 12.0 Å². The third-order valence-electron chi connectivity index (χ3n) is 3.35. The Morgan fingerprint density at radius 1 is 1.21 bits per heavy atom. The summed E-state index contributed by atoms with van der Waals surface area (Å²) in [5, 5.41) is 21.2. The van der Waals surface area contributed by atoms with Crippen molar-refractivity contribution in [3.63, 3.8) is 0 Å². The van der Waals surface area contributed by atoms with Gasteiger partial charge in [0.15, 0.2) is 6.10 Å². The maximum absolute atomic E-state index is 12.0. The fourth-order valence-corrected chi connectivity index (χ4v) is 2.20. The van der Waals surface area contributed by atoms with Crippen molar-refractivity contribution in [3.05, 3.63) is 71.3 Å². The molecule has 1 unspecified atom stereocenters. The van der Waals surface area contributed by atoms with Crippen molar-refractivity contribution in [3.8, 4) is 5.69 Å². The number of aromatic nitrogens is 4. The van der Waals surface area contributed by atoms with E-state index in [1.165, 1.54) is 0 Å². The van der Waals surface area contributed by atoms with Crippen molar-refractivity contribution >= 4 is 17.5 Å². The lowest BCUT2D eigenvalue weighted by molar-refractivity contribution is -0.129. The number of nitrogens with one attached hydrogen (secondary N) is 1. The van der Waals surface area contributed by atoms with Crippen LogP contribution in [0.15, 0.2) is 55.0 Å². The average molecular weight is 344 g/mol. The van der Waals surface area contributed by atoms with Gasteiger partial charge in [-0.15, -0.1) is 5.10 Å². The minimum atomic E-state index is -1.27. The van der Waals surface area contributed by atoms with E-state index in [4.69, 9.17) is 11.6 Å². The van der Waals surface area contributed by atoms with Crippen LogP contribution in [0.1, 0.15) is 17.4 Å². The number of halogens is 1. The number of aliphatic hydroxyl groups is 1. The highest BCUT2D eigenvalue weighted by molar-refractivity contribution is 6.30. The Labute approximate surface area is 142 Å². The smallest absolute Gasteiger partial charge is 0.253 e. The molecule has 3 rings (SSSR count). The van der Waals surface area contributed by atoms with Gasteiger partial charge in [-0.1, -0.05) is 28.9 Å². The molecule has 3 aromatic rings. The number of nitrogens with zero attached hydrogens (tertiary/aromatic N) is 4. The van der Waals surface area contributed by atoms with Crippen molar-refractivity contribution in [1.29, 1.82) is 0 Å². The molecule has 0 saturated heterocycles. The molecule has 1 atom stereocenters. The zero-order valence-corrected chi connectivity index (χ0v) is 13.3. The molecule has 1 amide bonds. The number of aliphatic hydroxyl groups excluding tert-OH is 1. The van der Waals surface area contributed by atoms with Gasteiger partial charge in [0, 0.05) is 17.4 Å². The minimum Gasteiger partial charge on any atom is -0.378 e. The van der Waals surface area contributed by atoms with Gasteiger partial charge >= 0.3 is 0 Å². The van der Waals surface area contributed by atoms with Crippen LogP contribution < -0.4 is 5.32 Å². The molecule has 0 radical (unpaired) electrons. The predicted octanol–water partition coefficient (Wildman–Crippen LogP) is 1.67. The van der Waals surface area contributed by atoms with E-state index in [2.05, 4.69) is 20.6 Å². The summed E-state index contributed by atoms with van der Waals surface area (Å²) in [6.07, 6.45) is 3.74. The quantitative estimate of drug-likeness (QED) is 0.735. The molecule has 122 valence electrons. The summed E-state index contributed by atoms with van der Waals surface area (Å²) in [7, 11) is 0. The van der Waals surface area contributed by atoms with Gasteiger partial charge < -0.3 is 10.4 Å². The number of amides is 1. The normalized spacial score (nSPS) is 11.9. The van der Waals surface area contributed by atoms with Crippen molar-refractivity contribution in [2.45, 2.75) is 12.6 Å². The molecule has 0 fully saturated rings. The largest absolute Gasteiger partial charge is 0.378 e. The number of rotatable bonds is 5. The van der Waals surface area contributed by atoms with E-state index in [0.29, 0.717) is 16.3 Å². The molecule has 0 aliphatic rings. The minimum absolute atomic E-state index is 0.161. The highest BCUT2D eigenvalue weighted by Crippen LogP contribution is 2.16. The molecule has 0 bridgehead atoms. The Morgan fingerprint density at radius 3 is 2.62 bits per heavy atom.